The van der Waals surface area contributed by atoms with Crippen LogP contribution in [0.5, 0.6) is 0 Å². The Bertz CT molecular complexity index is 3390. The van der Waals surface area contributed by atoms with E-state index in [1.54, 1.807) is 65.6 Å². The zero-order valence-electron chi connectivity index (χ0n) is 54.1. The minimum absolute atomic E-state index is 0.0351. The summed E-state index contributed by atoms with van der Waals surface area (Å²) in [5.41, 5.74) is -0.602. The molecule has 3 amide bonds. The van der Waals surface area contributed by atoms with Crippen LogP contribution in [0.4, 0.5) is 0 Å². The Morgan fingerprint density at radius 1 is 0.635 bits per heavy atom. The van der Waals surface area contributed by atoms with Crippen molar-refractivity contribution in [3.05, 3.63) is 92.6 Å². The van der Waals surface area contributed by atoms with Crippen molar-refractivity contribution in [2.75, 3.05) is 32.8 Å². The highest BCUT2D eigenvalue weighted by Crippen LogP contribution is 2.41. The summed E-state index contributed by atoms with van der Waals surface area (Å²) in [5, 5.41) is 107. The first-order chi connectivity index (χ1) is 46.1. The van der Waals surface area contributed by atoms with Crippen LogP contribution in [0.3, 0.4) is 0 Å². The zero-order valence-corrected chi connectivity index (χ0v) is 54.1. The molecule has 0 spiro atoms. The Labute approximate surface area is 552 Å². The van der Waals surface area contributed by atoms with Gasteiger partial charge in [-0.3, -0.25) is 19.2 Å². The first-order valence-electron chi connectivity index (χ1n) is 33.3. The number of aliphatic hydroxyl groups is 9. The normalized spacial score (nSPS) is 35.3. The summed E-state index contributed by atoms with van der Waals surface area (Å²) in [6.45, 7) is 5.10. The largest absolute Gasteiger partial charge is 0.422 e. The van der Waals surface area contributed by atoms with Crippen LogP contribution in [0.2, 0.25) is 0 Å². The molecule has 11 N–H and O–H groups in total. The number of nitrogens with zero attached hydrogens (tertiary/aromatic N) is 1. The Kier molecular flexibility index (Phi) is 25.0. The molecule has 96 heavy (non-hydrogen) atoms. The number of ketones is 1. The van der Waals surface area contributed by atoms with Gasteiger partial charge in [0.15, 0.2) is 18.9 Å². The lowest BCUT2D eigenvalue weighted by atomic mass is 9.74. The molecule has 29 heteroatoms. The number of ether oxygens (including phenoxy) is 9. The van der Waals surface area contributed by atoms with Gasteiger partial charge >= 0.3 is 11.3 Å². The molecule has 2 aromatic heterocycles. The molecule has 2 aromatic carbocycles. The number of carbonyl (C=O) groups is 4. The van der Waals surface area contributed by atoms with E-state index in [0.717, 1.165) is 6.42 Å². The molecular formula is C67H91N3O26. The van der Waals surface area contributed by atoms with Gasteiger partial charge in [-0.2, -0.15) is 0 Å². The highest BCUT2D eigenvalue weighted by molar-refractivity contribution is 5.82. The van der Waals surface area contributed by atoms with E-state index in [-0.39, 0.29) is 80.9 Å². The second kappa shape index (κ2) is 32.9. The van der Waals surface area contributed by atoms with Crippen LogP contribution in [0.25, 0.3) is 21.9 Å². The molecule has 4 aliphatic heterocycles. The van der Waals surface area contributed by atoms with Crippen molar-refractivity contribution >= 4 is 45.4 Å². The minimum atomic E-state index is -1.81. The fourth-order valence-electron chi connectivity index (χ4n) is 13.8. The van der Waals surface area contributed by atoms with Crippen LogP contribution in [-0.4, -0.2) is 236 Å². The van der Waals surface area contributed by atoms with Gasteiger partial charge in [-0.1, -0.05) is 63.1 Å². The number of Topliss-reactive ketones (excluding diaryl/α,β-unsaturated/α-hetero) is 1. The molecule has 530 valence electrons. The van der Waals surface area contributed by atoms with Crippen molar-refractivity contribution in [1.29, 1.82) is 0 Å². The van der Waals surface area contributed by atoms with E-state index in [1.165, 1.54) is 13.8 Å². The highest BCUT2D eigenvalue weighted by Gasteiger charge is 2.54. The smallest absolute Gasteiger partial charge is 0.341 e. The van der Waals surface area contributed by atoms with Crippen LogP contribution >= 0.6 is 0 Å². The van der Waals surface area contributed by atoms with Gasteiger partial charge in [-0.05, 0) is 82.1 Å². The van der Waals surface area contributed by atoms with Crippen molar-refractivity contribution in [2.45, 2.75) is 234 Å². The molecular weight excluding hydrogens is 1260 g/mol. The minimum Gasteiger partial charge on any atom is -0.422 e. The molecule has 6 fully saturated rings. The fourth-order valence-corrected chi connectivity index (χ4v) is 13.8. The van der Waals surface area contributed by atoms with E-state index < -0.39 is 189 Å². The van der Waals surface area contributed by atoms with Crippen LogP contribution < -0.4 is 21.9 Å². The molecule has 10 unspecified atom stereocenters. The maximum atomic E-state index is 14.6. The lowest BCUT2D eigenvalue weighted by molar-refractivity contribution is -0.338. The fraction of sp³-hybridized carbons (Fsp3) is 0.672. The van der Waals surface area contributed by atoms with E-state index in [0.29, 0.717) is 47.9 Å². The van der Waals surface area contributed by atoms with Gasteiger partial charge in [-0.25, -0.2) is 9.59 Å². The lowest BCUT2D eigenvalue weighted by Crippen LogP contribution is -2.67. The first kappa shape index (κ1) is 73.0. The monoisotopic (exact) mass is 1350 g/mol. The Morgan fingerprint density at radius 2 is 1.22 bits per heavy atom. The molecule has 6 aliphatic rings. The number of para-hydroxylation sites is 2. The van der Waals surface area contributed by atoms with Gasteiger partial charge in [0.25, 0.3) is 5.91 Å². The third-order valence-corrected chi connectivity index (χ3v) is 19.4. The van der Waals surface area contributed by atoms with E-state index in [2.05, 4.69) is 10.6 Å². The van der Waals surface area contributed by atoms with Gasteiger partial charge in [0.1, 0.15) is 96.2 Å². The van der Waals surface area contributed by atoms with Crippen LogP contribution in [-0.2, 0) is 75.0 Å². The first-order valence-corrected chi connectivity index (χ1v) is 33.3. The molecule has 6 heterocycles. The number of aliphatic hydroxyl groups excluding tert-OH is 9. The third kappa shape index (κ3) is 16.7. The van der Waals surface area contributed by atoms with Crippen molar-refractivity contribution in [3.8, 4) is 0 Å². The van der Waals surface area contributed by atoms with Gasteiger partial charge in [-0.15, -0.1) is 0 Å². The summed E-state index contributed by atoms with van der Waals surface area (Å²) in [5.74, 6) is -3.92. The molecule has 24 atom stereocenters. The van der Waals surface area contributed by atoms with Crippen LogP contribution in [0, 0.1) is 17.8 Å². The molecule has 4 aromatic rings. The SMILES string of the molecule is CCC[C@H](OC1C(NC(C)=O)[C@H](O[C@@H]2CC(C(=O)CCCNC(=O)[C@H]3CC(OCc4cc5ccccc5oc4=O)C(O)[C@H](O[C@@H]4OC(CO)[C@H](O)[C@@H](OCc5cc6ccccc6oc5=O)C4O)C3)C[C@@H](CC)C2O[C@@H]2OC(C)[C@@H](O)[C@H](O)C2O)O[C@@H](CO)[C@@H]1O)C(=O)N1CCC1. The van der Waals surface area contributed by atoms with E-state index in [4.69, 9.17) is 51.5 Å². The van der Waals surface area contributed by atoms with E-state index >= 15 is 0 Å². The predicted octanol–water partition coefficient (Wildman–Crippen LogP) is -0.166. The zero-order chi connectivity index (χ0) is 68.6. The summed E-state index contributed by atoms with van der Waals surface area (Å²) >= 11 is 0. The Balaban J connectivity index is 0.840. The molecule has 0 radical (unpaired) electrons. The van der Waals surface area contributed by atoms with E-state index in [9.17, 15) is 74.7 Å². The summed E-state index contributed by atoms with van der Waals surface area (Å²) in [7, 11) is 0. The number of rotatable bonds is 27. The number of hydrogen-bond donors (Lipinski definition) is 11. The van der Waals surface area contributed by atoms with Crippen molar-refractivity contribution in [1.82, 2.24) is 15.5 Å². The molecule has 2 aliphatic carbocycles. The maximum Gasteiger partial charge on any atom is 0.341 e. The topological polar surface area (TPSA) is 421 Å². The standard InChI is InChI=1S/C67H91N3O26/c1-5-13-44(62(83)70-20-12-21-70)89-59-50(69-33(4)73)65(94-48(28-71)53(59)77)93-47-25-37(22-34(6-2)58(47)96-66-56(80)55(79)51(75)32(3)88-66)41(74)16-11-19-68-61(82)38-26-45(86-30-39-23-35-14-7-9-17-42(35)90-63(39)84)52(76)46(27-38)92-67-57(81)60(54(78)49(29-72)95-67)87-31-40-24-36-15-8-10-18-43(36)91-64(40)85/h7-10,14-15,17-18,23-24,32,34,37-38,44-60,65-67,71-72,75-81H,5-6,11-13,16,19-22,25-31H2,1-4H3,(H,68,82)(H,69,73)/t32?,34-,37?,38+,44+,45?,46-,47-,48+,49?,50?,51-,52?,53+,54+,55+,56?,57?,58?,59?,60-,65-,66+,67-/m1/s1. The number of amides is 3. The number of fused-ring (bicyclic) bond motifs is 2. The number of hydrogen-bond acceptors (Lipinski definition) is 26. The van der Waals surface area contributed by atoms with Gasteiger partial charge in [0.2, 0.25) is 11.8 Å². The Hall–Kier alpha value is -5.78. The summed E-state index contributed by atoms with van der Waals surface area (Å²) < 4.78 is 67.1. The molecule has 2 saturated carbocycles. The second-order valence-electron chi connectivity index (χ2n) is 26.0. The van der Waals surface area contributed by atoms with Gasteiger partial charge < -0.3 is 113 Å². The molecule has 0 bridgehead atoms. The van der Waals surface area contributed by atoms with Crippen molar-refractivity contribution < 1.29 is 117 Å². The average molecular weight is 1350 g/mol. The summed E-state index contributed by atoms with van der Waals surface area (Å²) in [4.78, 5) is 83.5. The molecule has 4 saturated heterocycles. The van der Waals surface area contributed by atoms with Crippen molar-refractivity contribution in [3.63, 3.8) is 0 Å². The van der Waals surface area contributed by atoms with Crippen molar-refractivity contribution in [2.24, 2.45) is 17.8 Å². The second-order valence-corrected chi connectivity index (χ2v) is 26.0. The third-order valence-electron chi connectivity index (χ3n) is 19.4. The number of benzene rings is 2. The number of carbonyl (C=O) groups excluding carboxylic acids is 4. The predicted molar refractivity (Wildman–Crippen MR) is 333 cm³/mol. The maximum absolute atomic E-state index is 14.6. The average Bonchev–Trinajstić information content (AvgIpc) is 0.790. The quantitative estimate of drug-likeness (QED) is 0.0273. The molecule has 29 nitrogen and oxygen atoms in total. The van der Waals surface area contributed by atoms with Crippen LogP contribution in [0.1, 0.15) is 103 Å². The van der Waals surface area contributed by atoms with Gasteiger partial charge in [0, 0.05) is 55.6 Å². The highest BCUT2D eigenvalue weighted by atomic mass is 16.7. The van der Waals surface area contributed by atoms with E-state index in [1.807, 2.05) is 13.8 Å². The Morgan fingerprint density at radius 3 is 1.82 bits per heavy atom. The number of likely N-dealkylation sites (tertiary alicyclic amines) is 1. The van der Waals surface area contributed by atoms with Gasteiger partial charge in [0.05, 0.1) is 68.1 Å². The van der Waals surface area contributed by atoms with Crippen LogP contribution in [0.15, 0.2) is 79.1 Å². The molecule has 10 rings (SSSR count). The lowest BCUT2D eigenvalue weighted by Gasteiger charge is -2.49. The summed E-state index contributed by atoms with van der Waals surface area (Å²) in [6, 6.07) is 15.4. The number of nitrogens with one attached hydrogen (secondary N) is 2. The summed E-state index contributed by atoms with van der Waals surface area (Å²) in [6.07, 6.45) is -26.7.